The molecule has 0 fully saturated rings. The molecule has 2 atom stereocenters. The molecule has 2 rings (SSSR count). The van der Waals surface area contributed by atoms with Crippen LogP contribution in [0.15, 0.2) is 42.5 Å². The number of benzene rings is 2. The van der Waals surface area contributed by atoms with Gasteiger partial charge in [-0.3, -0.25) is 0 Å². The summed E-state index contributed by atoms with van der Waals surface area (Å²) in [7, 11) is 2.90. The fourth-order valence-electron chi connectivity index (χ4n) is 2.49. The van der Waals surface area contributed by atoms with Crippen LogP contribution in [0.1, 0.15) is 17.0 Å². The lowest BCUT2D eigenvalue weighted by molar-refractivity contribution is 0.0842. The minimum Gasteiger partial charge on any atom is -0.504 e. The molecule has 2 aromatic rings. The Morgan fingerprint density at radius 3 is 2.16 bits per heavy atom. The smallest absolute Gasteiger partial charge is 0.161 e. The van der Waals surface area contributed by atoms with Crippen LogP contribution in [-0.2, 0) is 0 Å². The lowest BCUT2D eigenvalue weighted by Gasteiger charge is -2.19. The third-order valence-corrected chi connectivity index (χ3v) is 3.89. The summed E-state index contributed by atoms with van der Waals surface area (Å²) in [5, 5.41) is 38.9. The van der Waals surface area contributed by atoms with Crippen LogP contribution in [0.4, 0.5) is 0 Å². The average Bonchev–Trinajstić information content (AvgIpc) is 2.63. The lowest BCUT2D eigenvalue weighted by Crippen LogP contribution is -2.21. The van der Waals surface area contributed by atoms with Gasteiger partial charge in [0.1, 0.15) is 0 Å². The maximum Gasteiger partial charge on any atom is 0.161 e. The van der Waals surface area contributed by atoms with Crippen LogP contribution >= 0.6 is 0 Å². The minimum atomic E-state index is -1.02. The van der Waals surface area contributed by atoms with Gasteiger partial charge in [0.2, 0.25) is 0 Å². The molecule has 0 radical (unpaired) electrons. The molecule has 25 heavy (non-hydrogen) atoms. The second-order valence-electron chi connectivity index (χ2n) is 5.50. The highest BCUT2D eigenvalue weighted by Gasteiger charge is 2.19. The van der Waals surface area contributed by atoms with Gasteiger partial charge in [0.25, 0.3) is 0 Å². The van der Waals surface area contributed by atoms with Gasteiger partial charge in [0.05, 0.1) is 26.9 Å². The van der Waals surface area contributed by atoms with Gasteiger partial charge in [0, 0.05) is 5.92 Å². The number of phenols is 2. The molecule has 4 N–H and O–H groups in total. The first-order valence-corrected chi connectivity index (χ1v) is 7.71. The summed E-state index contributed by atoms with van der Waals surface area (Å²) in [4.78, 5) is 0. The molecule has 0 bridgehead atoms. The van der Waals surface area contributed by atoms with Crippen LogP contribution < -0.4 is 9.47 Å². The molecule has 0 aliphatic rings. The van der Waals surface area contributed by atoms with E-state index >= 15 is 0 Å². The summed E-state index contributed by atoms with van der Waals surface area (Å²) in [6, 6.07) is 9.62. The van der Waals surface area contributed by atoms with Crippen molar-refractivity contribution in [2.45, 2.75) is 12.0 Å². The zero-order valence-electron chi connectivity index (χ0n) is 14.1. The number of hydrogen-bond donors (Lipinski definition) is 4. The number of phenolic OH excluding ortho intramolecular Hbond substituents is 2. The molecule has 0 saturated heterocycles. The highest BCUT2D eigenvalue weighted by molar-refractivity contribution is 5.57. The van der Waals surface area contributed by atoms with Crippen LogP contribution in [-0.4, -0.2) is 47.4 Å². The fraction of sp³-hybridized carbons (Fsp3) is 0.263. The first-order valence-electron chi connectivity index (χ1n) is 7.71. The molecular weight excluding hydrogens is 324 g/mol. The van der Waals surface area contributed by atoms with E-state index in [-0.39, 0.29) is 17.2 Å². The third kappa shape index (κ3) is 4.43. The molecule has 0 saturated carbocycles. The normalized spacial score (nSPS) is 13.6. The molecule has 0 heterocycles. The van der Waals surface area contributed by atoms with E-state index in [2.05, 4.69) is 0 Å². The van der Waals surface area contributed by atoms with Crippen molar-refractivity contribution in [3.05, 3.63) is 53.6 Å². The summed E-state index contributed by atoms with van der Waals surface area (Å²) >= 11 is 0. The van der Waals surface area contributed by atoms with E-state index in [1.807, 2.05) is 0 Å². The first-order chi connectivity index (χ1) is 12.0. The minimum absolute atomic E-state index is 0.00395. The molecule has 0 unspecified atom stereocenters. The van der Waals surface area contributed by atoms with Crippen LogP contribution in [0.3, 0.4) is 0 Å². The molecule has 134 valence electrons. The van der Waals surface area contributed by atoms with Gasteiger partial charge in [-0.15, -0.1) is 0 Å². The Morgan fingerprint density at radius 1 is 0.960 bits per heavy atom. The largest absolute Gasteiger partial charge is 0.504 e. The van der Waals surface area contributed by atoms with Crippen LogP contribution in [0.5, 0.6) is 23.0 Å². The molecule has 2 aromatic carbocycles. The molecule has 6 heteroatoms. The number of aromatic hydroxyl groups is 2. The maximum absolute atomic E-state index is 10.2. The fourth-order valence-corrected chi connectivity index (χ4v) is 2.49. The van der Waals surface area contributed by atoms with E-state index in [9.17, 15) is 20.4 Å². The average molecular weight is 346 g/mol. The molecule has 0 amide bonds. The SMILES string of the molecule is COc1cc(C=C[C@@H](c2ccc(O)c(OC)c2)[C@H](O)CO)ccc1O. The quantitative estimate of drug-likeness (QED) is 0.614. The number of aliphatic hydroxyl groups is 2. The topological polar surface area (TPSA) is 99.4 Å². The van der Waals surface area contributed by atoms with Crippen LogP contribution in [0, 0.1) is 0 Å². The molecule has 0 aliphatic heterocycles. The monoisotopic (exact) mass is 346 g/mol. The second-order valence-corrected chi connectivity index (χ2v) is 5.50. The molecule has 6 nitrogen and oxygen atoms in total. The van der Waals surface area contributed by atoms with E-state index in [0.29, 0.717) is 11.3 Å². The Hall–Kier alpha value is -2.70. The highest BCUT2D eigenvalue weighted by atomic mass is 16.5. The summed E-state index contributed by atoms with van der Waals surface area (Å²) < 4.78 is 10.2. The number of aliphatic hydroxyl groups excluding tert-OH is 2. The Kier molecular flexibility index (Phi) is 6.27. The zero-order valence-corrected chi connectivity index (χ0v) is 14.1. The highest BCUT2D eigenvalue weighted by Crippen LogP contribution is 2.32. The van der Waals surface area contributed by atoms with Crippen molar-refractivity contribution < 1.29 is 29.9 Å². The van der Waals surface area contributed by atoms with Crippen molar-refractivity contribution in [2.24, 2.45) is 0 Å². The predicted molar refractivity (Wildman–Crippen MR) is 94.2 cm³/mol. The number of rotatable bonds is 7. The van der Waals surface area contributed by atoms with E-state index < -0.39 is 18.6 Å². The van der Waals surface area contributed by atoms with Crippen molar-refractivity contribution in [1.82, 2.24) is 0 Å². The van der Waals surface area contributed by atoms with E-state index in [1.54, 1.807) is 36.4 Å². The standard InChI is InChI=1S/C19H22O6/c1-24-18-9-12(4-7-15(18)21)3-6-14(17(23)11-20)13-5-8-16(22)19(10-13)25-2/h3-10,14,17,20-23H,11H2,1-2H3/t14-,17+/m0/s1. The summed E-state index contributed by atoms with van der Waals surface area (Å²) in [5.74, 6) is 0.143. The maximum atomic E-state index is 10.2. The van der Waals surface area contributed by atoms with Gasteiger partial charge in [-0.1, -0.05) is 24.3 Å². The van der Waals surface area contributed by atoms with Gasteiger partial charge >= 0.3 is 0 Å². The van der Waals surface area contributed by atoms with Gasteiger partial charge in [0.15, 0.2) is 23.0 Å². The van der Waals surface area contributed by atoms with Gasteiger partial charge in [-0.05, 0) is 35.4 Å². The number of hydrogen-bond acceptors (Lipinski definition) is 6. The Bertz CT molecular complexity index is 741. The van der Waals surface area contributed by atoms with Crippen LogP contribution in [0.25, 0.3) is 6.08 Å². The van der Waals surface area contributed by atoms with Crippen LogP contribution in [0.2, 0.25) is 0 Å². The Balaban J connectivity index is 2.35. The van der Waals surface area contributed by atoms with Crippen molar-refractivity contribution in [3.8, 4) is 23.0 Å². The lowest BCUT2D eigenvalue weighted by atomic mass is 9.92. The summed E-state index contributed by atoms with van der Waals surface area (Å²) in [6.45, 7) is -0.420. The summed E-state index contributed by atoms with van der Waals surface area (Å²) in [6.07, 6.45) is 2.47. The predicted octanol–water partition coefficient (Wildman–Crippen LogP) is 2.27. The van der Waals surface area contributed by atoms with Crippen molar-refractivity contribution in [1.29, 1.82) is 0 Å². The van der Waals surface area contributed by atoms with E-state index in [0.717, 1.165) is 5.56 Å². The Labute approximate surface area is 146 Å². The second kappa shape index (κ2) is 8.41. The Morgan fingerprint density at radius 2 is 1.56 bits per heavy atom. The van der Waals surface area contributed by atoms with Crippen molar-refractivity contribution in [2.75, 3.05) is 20.8 Å². The van der Waals surface area contributed by atoms with Gasteiger partial charge in [-0.2, -0.15) is 0 Å². The number of ether oxygens (including phenoxy) is 2. The van der Waals surface area contributed by atoms with E-state index in [4.69, 9.17) is 9.47 Å². The third-order valence-electron chi connectivity index (χ3n) is 3.89. The number of methoxy groups -OCH3 is 2. The zero-order chi connectivity index (χ0) is 18.4. The molecule has 0 aliphatic carbocycles. The molecular formula is C19H22O6. The van der Waals surface area contributed by atoms with Gasteiger partial charge < -0.3 is 29.9 Å². The van der Waals surface area contributed by atoms with Crippen molar-refractivity contribution in [3.63, 3.8) is 0 Å². The first kappa shape index (κ1) is 18.6. The summed E-state index contributed by atoms with van der Waals surface area (Å²) in [5.41, 5.74) is 1.44. The van der Waals surface area contributed by atoms with Crippen molar-refractivity contribution >= 4 is 6.08 Å². The van der Waals surface area contributed by atoms with E-state index in [1.165, 1.54) is 26.4 Å². The molecule has 0 spiro atoms. The van der Waals surface area contributed by atoms with Gasteiger partial charge in [-0.25, -0.2) is 0 Å². The molecule has 0 aromatic heterocycles.